The van der Waals surface area contributed by atoms with E-state index in [9.17, 15) is 5.11 Å². The van der Waals surface area contributed by atoms with Gasteiger partial charge in [0, 0.05) is 6.54 Å². The summed E-state index contributed by atoms with van der Waals surface area (Å²) < 4.78 is 5.00. The second kappa shape index (κ2) is 6.01. The van der Waals surface area contributed by atoms with Crippen molar-refractivity contribution in [2.45, 2.75) is 6.10 Å². The van der Waals surface area contributed by atoms with Gasteiger partial charge in [-0.1, -0.05) is 30.3 Å². The highest BCUT2D eigenvalue weighted by Gasteiger charge is 2.11. The van der Waals surface area contributed by atoms with Crippen molar-refractivity contribution in [2.75, 3.05) is 24.7 Å². The molecule has 100 valence electrons. The summed E-state index contributed by atoms with van der Waals surface area (Å²) in [7, 11) is 1.49. The molecule has 0 aliphatic heterocycles. The third-order valence-electron chi connectivity index (χ3n) is 2.69. The summed E-state index contributed by atoms with van der Waals surface area (Å²) in [5.74, 6) is 0.758. The van der Waals surface area contributed by atoms with Crippen molar-refractivity contribution in [3.8, 4) is 5.88 Å². The molecule has 1 heterocycles. The third-order valence-corrected chi connectivity index (χ3v) is 2.69. The van der Waals surface area contributed by atoms with Crippen molar-refractivity contribution in [1.82, 2.24) is 9.97 Å². The van der Waals surface area contributed by atoms with Gasteiger partial charge in [-0.25, -0.2) is 4.98 Å². The van der Waals surface area contributed by atoms with Gasteiger partial charge in [-0.05, 0) is 5.56 Å². The van der Waals surface area contributed by atoms with E-state index in [1.165, 1.54) is 13.4 Å². The molecule has 1 aromatic carbocycles. The summed E-state index contributed by atoms with van der Waals surface area (Å²) in [6, 6.07) is 9.37. The largest absolute Gasteiger partial charge is 0.479 e. The second-order valence-electron chi connectivity index (χ2n) is 3.95. The number of methoxy groups -OCH3 is 1. The first kappa shape index (κ1) is 13.1. The number of nitrogen functional groups attached to an aromatic ring is 1. The summed E-state index contributed by atoms with van der Waals surface area (Å²) in [6.07, 6.45) is 0.716. The molecular weight excluding hydrogens is 244 g/mol. The Bertz CT molecular complexity index is 533. The normalized spacial score (nSPS) is 11.9. The minimum atomic E-state index is -0.637. The van der Waals surface area contributed by atoms with Crippen LogP contribution in [0.25, 0.3) is 0 Å². The maximum absolute atomic E-state index is 10.0. The SMILES string of the molecule is COc1ncnc(NCC(O)c2ccccc2)c1N. The van der Waals surface area contributed by atoms with Crippen LogP contribution in [0.5, 0.6) is 5.88 Å². The Morgan fingerprint density at radius 2 is 2.05 bits per heavy atom. The zero-order chi connectivity index (χ0) is 13.7. The zero-order valence-corrected chi connectivity index (χ0v) is 10.6. The number of nitrogens with two attached hydrogens (primary N) is 1. The van der Waals surface area contributed by atoms with Crippen LogP contribution in [0.4, 0.5) is 11.5 Å². The highest BCUT2D eigenvalue weighted by atomic mass is 16.5. The maximum atomic E-state index is 10.0. The van der Waals surface area contributed by atoms with Gasteiger partial charge in [0.25, 0.3) is 0 Å². The molecule has 0 radical (unpaired) electrons. The predicted molar refractivity (Wildman–Crippen MR) is 72.9 cm³/mol. The van der Waals surface area contributed by atoms with Crippen LogP contribution in [-0.2, 0) is 0 Å². The molecule has 1 atom stereocenters. The number of hydrogen-bond acceptors (Lipinski definition) is 6. The lowest BCUT2D eigenvalue weighted by Gasteiger charge is -2.14. The molecule has 0 amide bonds. The molecule has 2 rings (SSSR count). The summed E-state index contributed by atoms with van der Waals surface area (Å²) in [6.45, 7) is 0.300. The molecule has 4 N–H and O–H groups in total. The van der Waals surface area contributed by atoms with Crippen LogP contribution >= 0.6 is 0 Å². The number of aliphatic hydroxyl groups excluding tert-OH is 1. The van der Waals surface area contributed by atoms with Crippen LogP contribution in [0.2, 0.25) is 0 Å². The van der Waals surface area contributed by atoms with E-state index in [-0.39, 0.29) is 0 Å². The van der Waals surface area contributed by atoms with Gasteiger partial charge >= 0.3 is 0 Å². The second-order valence-corrected chi connectivity index (χ2v) is 3.95. The molecule has 19 heavy (non-hydrogen) atoms. The van der Waals surface area contributed by atoms with Crippen LogP contribution < -0.4 is 15.8 Å². The Balaban J connectivity index is 2.03. The maximum Gasteiger partial charge on any atom is 0.242 e. The van der Waals surface area contributed by atoms with E-state index in [2.05, 4.69) is 15.3 Å². The van der Waals surface area contributed by atoms with Crippen LogP contribution in [-0.4, -0.2) is 28.7 Å². The first-order valence-corrected chi connectivity index (χ1v) is 5.83. The number of nitrogens with zero attached hydrogens (tertiary/aromatic N) is 2. The Kier molecular flexibility index (Phi) is 4.15. The van der Waals surface area contributed by atoms with Crippen LogP contribution in [0.15, 0.2) is 36.7 Å². The molecule has 0 spiro atoms. The number of benzene rings is 1. The lowest BCUT2D eigenvalue weighted by atomic mass is 10.1. The number of rotatable bonds is 5. The molecule has 0 bridgehead atoms. The molecule has 0 saturated carbocycles. The van der Waals surface area contributed by atoms with Crippen molar-refractivity contribution >= 4 is 11.5 Å². The number of anilines is 2. The number of hydrogen-bond donors (Lipinski definition) is 3. The van der Waals surface area contributed by atoms with E-state index in [0.29, 0.717) is 23.9 Å². The predicted octanol–water partition coefficient (Wildman–Crippen LogP) is 1.21. The smallest absolute Gasteiger partial charge is 0.242 e. The van der Waals surface area contributed by atoms with E-state index in [1.54, 1.807) is 0 Å². The number of nitrogens with one attached hydrogen (secondary N) is 1. The lowest BCUT2D eigenvalue weighted by molar-refractivity contribution is 0.191. The molecular formula is C13H16N4O2. The first-order chi connectivity index (χ1) is 9.22. The van der Waals surface area contributed by atoms with Crippen LogP contribution in [0.3, 0.4) is 0 Å². The minimum Gasteiger partial charge on any atom is -0.479 e. The third kappa shape index (κ3) is 3.11. The first-order valence-electron chi connectivity index (χ1n) is 5.83. The number of aliphatic hydroxyl groups is 1. The highest BCUT2D eigenvalue weighted by Crippen LogP contribution is 2.24. The quantitative estimate of drug-likeness (QED) is 0.748. The van der Waals surface area contributed by atoms with Crippen molar-refractivity contribution in [3.63, 3.8) is 0 Å². The summed E-state index contributed by atoms with van der Waals surface area (Å²) in [5, 5.41) is 13.0. The van der Waals surface area contributed by atoms with Crippen molar-refractivity contribution in [1.29, 1.82) is 0 Å². The van der Waals surface area contributed by atoms with E-state index in [4.69, 9.17) is 10.5 Å². The van der Waals surface area contributed by atoms with Gasteiger partial charge < -0.3 is 20.9 Å². The van der Waals surface area contributed by atoms with E-state index in [0.717, 1.165) is 5.56 Å². The van der Waals surface area contributed by atoms with Crippen LogP contribution in [0, 0.1) is 0 Å². The Hall–Kier alpha value is -2.34. The highest BCUT2D eigenvalue weighted by molar-refractivity contribution is 5.66. The minimum absolute atomic E-state index is 0.300. The molecule has 0 saturated heterocycles. The zero-order valence-electron chi connectivity index (χ0n) is 10.6. The fourth-order valence-corrected chi connectivity index (χ4v) is 1.67. The van der Waals surface area contributed by atoms with Gasteiger partial charge in [0.15, 0.2) is 5.82 Å². The van der Waals surface area contributed by atoms with E-state index in [1.807, 2.05) is 30.3 Å². The Morgan fingerprint density at radius 3 is 2.74 bits per heavy atom. The molecule has 0 aliphatic carbocycles. The molecule has 0 aliphatic rings. The van der Waals surface area contributed by atoms with Gasteiger partial charge in [0.1, 0.15) is 12.0 Å². The van der Waals surface area contributed by atoms with Gasteiger partial charge in [0.05, 0.1) is 13.2 Å². The molecule has 0 fully saturated rings. The topological polar surface area (TPSA) is 93.3 Å². The molecule has 2 aromatic rings. The summed E-state index contributed by atoms with van der Waals surface area (Å²) in [5.41, 5.74) is 6.98. The average Bonchev–Trinajstić information content (AvgIpc) is 2.47. The van der Waals surface area contributed by atoms with Gasteiger partial charge in [-0.2, -0.15) is 4.98 Å². The summed E-state index contributed by atoms with van der Waals surface area (Å²) >= 11 is 0. The average molecular weight is 260 g/mol. The molecule has 6 nitrogen and oxygen atoms in total. The monoisotopic (exact) mass is 260 g/mol. The van der Waals surface area contributed by atoms with Crippen molar-refractivity contribution < 1.29 is 9.84 Å². The fourth-order valence-electron chi connectivity index (χ4n) is 1.67. The number of aromatic nitrogens is 2. The van der Waals surface area contributed by atoms with Crippen molar-refractivity contribution in [2.24, 2.45) is 0 Å². The lowest BCUT2D eigenvalue weighted by Crippen LogP contribution is -2.14. The van der Waals surface area contributed by atoms with Crippen LogP contribution in [0.1, 0.15) is 11.7 Å². The van der Waals surface area contributed by atoms with Gasteiger partial charge in [0.2, 0.25) is 5.88 Å². The van der Waals surface area contributed by atoms with Crippen molar-refractivity contribution in [3.05, 3.63) is 42.2 Å². The molecule has 1 aromatic heterocycles. The molecule has 1 unspecified atom stereocenters. The molecule has 6 heteroatoms. The summed E-state index contributed by atoms with van der Waals surface area (Å²) in [4.78, 5) is 7.90. The standard InChI is InChI=1S/C13H16N4O2/c1-19-13-11(14)12(16-8-17-13)15-7-10(18)9-5-3-2-4-6-9/h2-6,8,10,18H,7,14H2,1H3,(H,15,16,17). The van der Waals surface area contributed by atoms with E-state index < -0.39 is 6.10 Å². The van der Waals surface area contributed by atoms with E-state index >= 15 is 0 Å². The Morgan fingerprint density at radius 1 is 1.32 bits per heavy atom. The Labute approximate surface area is 111 Å². The fraction of sp³-hybridized carbons (Fsp3) is 0.231. The van der Waals surface area contributed by atoms with Gasteiger partial charge in [-0.3, -0.25) is 0 Å². The number of ether oxygens (including phenoxy) is 1. The van der Waals surface area contributed by atoms with Gasteiger partial charge in [-0.15, -0.1) is 0 Å².